The SMILES string of the molecule is CCCCCOC(=O)Cc1ccccc1CN. The van der Waals surface area contributed by atoms with Crippen molar-refractivity contribution < 1.29 is 9.53 Å². The van der Waals surface area contributed by atoms with Gasteiger partial charge in [0.1, 0.15) is 0 Å². The zero-order valence-corrected chi connectivity index (χ0v) is 10.4. The number of benzene rings is 1. The van der Waals surface area contributed by atoms with E-state index in [4.69, 9.17) is 10.5 Å². The van der Waals surface area contributed by atoms with E-state index in [1.807, 2.05) is 24.3 Å². The first-order valence-electron chi connectivity index (χ1n) is 6.20. The van der Waals surface area contributed by atoms with Gasteiger partial charge in [0.05, 0.1) is 13.0 Å². The van der Waals surface area contributed by atoms with E-state index in [0.29, 0.717) is 19.6 Å². The molecule has 3 nitrogen and oxygen atoms in total. The second-order valence-corrected chi connectivity index (χ2v) is 4.08. The molecule has 0 aliphatic rings. The van der Waals surface area contributed by atoms with Gasteiger partial charge in [-0.15, -0.1) is 0 Å². The third-order valence-corrected chi connectivity index (χ3v) is 2.68. The Hall–Kier alpha value is -1.35. The average Bonchev–Trinajstić information content (AvgIpc) is 2.35. The molecule has 0 fully saturated rings. The van der Waals surface area contributed by atoms with Crippen molar-refractivity contribution >= 4 is 5.97 Å². The minimum absolute atomic E-state index is 0.165. The van der Waals surface area contributed by atoms with Gasteiger partial charge >= 0.3 is 5.97 Å². The molecule has 1 rings (SSSR count). The van der Waals surface area contributed by atoms with Crippen LogP contribution in [0.5, 0.6) is 0 Å². The van der Waals surface area contributed by atoms with Crippen LogP contribution in [0.15, 0.2) is 24.3 Å². The highest BCUT2D eigenvalue weighted by molar-refractivity contribution is 5.73. The first-order valence-corrected chi connectivity index (χ1v) is 6.20. The fraction of sp³-hybridized carbons (Fsp3) is 0.500. The topological polar surface area (TPSA) is 52.3 Å². The zero-order valence-electron chi connectivity index (χ0n) is 10.4. The summed E-state index contributed by atoms with van der Waals surface area (Å²) in [6.45, 7) is 3.11. The summed E-state index contributed by atoms with van der Waals surface area (Å²) in [5.74, 6) is -0.165. The van der Waals surface area contributed by atoms with Crippen LogP contribution in [-0.4, -0.2) is 12.6 Å². The first kappa shape index (κ1) is 13.7. The quantitative estimate of drug-likeness (QED) is 0.583. The Morgan fingerprint density at radius 1 is 1.24 bits per heavy atom. The van der Waals surface area contributed by atoms with Crippen molar-refractivity contribution in [1.82, 2.24) is 0 Å². The van der Waals surface area contributed by atoms with Crippen molar-refractivity contribution in [2.45, 2.75) is 39.2 Å². The number of hydrogen-bond acceptors (Lipinski definition) is 3. The normalized spacial score (nSPS) is 10.2. The second kappa shape index (κ2) is 7.85. The summed E-state index contributed by atoms with van der Waals surface area (Å²) < 4.78 is 5.17. The largest absolute Gasteiger partial charge is 0.465 e. The minimum atomic E-state index is -0.165. The Kier molecular flexibility index (Phi) is 6.33. The summed E-state index contributed by atoms with van der Waals surface area (Å²) in [5.41, 5.74) is 7.59. The molecule has 0 saturated carbocycles. The van der Waals surface area contributed by atoms with E-state index in [1.54, 1.807) is 0 Å². The molecule has 1 aromatic rings. The van der Waals surface area contributed by atoms with Crippen LogP contribution in [0.4, 0.5) is 0 Å². The molecule has 0 aliphatic carbocycles. The summed E-state index contributed by atoms with van der Waals surface area (Å²) in [7, 11) is 0. The molecule has 2 N–H and O–H groups in total. The molecule has 0 aliphatic heterocycles. The molecule has 3 heteroatoms. The first-order chi connectivity index (χ1) is 8.27. The molecule has 1 aromatic carbocycles. The molecule has 0 heterocycles. The number of hydrogen-bond donors (Lipinski definition) is 1. The Bertz CT molecular complexity index is 350. The predicted molar refractivity (Wildman–Crippen MR) is 68.5 cm³/mol. The molecule has 0 saturated heterocycles. The molecule has 0 bridgehead atoms. The molecular formula is C14H21NO2. The molecule has 0 atom stereocenters. The molecular weight excluding hydrogens is 214 g/mol. The Morgan fingerprint density at radius 3 is 2.59 bits per heavy atom. The summed E-state index contributed by atoms with van der Waals surface area (Å²) in [6, 6.07) is 7.71. The van der Waals surface area contributed by atoms with Crippen LogP contribution in [0.3, 0.4) is 0 Å². The lowest BCUT2D eigenvalue weighted by molar-refractivity contribution is -0.142. The maximum absolute atomic E-state index is 11.6. The number of rotatable bonds is 7. The van der Waals surface area contributed by atoms with Crippen LogP contribution in [-0.2, 0) is 22.5 Å². The number of carbonyl (C=O) groups is 1. The van der Waals surface area contributed by atoms with Crippen LogP contribution < -0.4 is 5.73 Å². The summed E-state index contributed by atoms with van der Waals surface area (Å²) >= 11 is 0. The third kappa shape index (κ3) is 5.00. The number of carbonyl (C=O) groups excluding carboxylic acids is 1. The maximum Gasteiger partial charge on any atom is 0.310 e. The summed E-state index contributed by atoms with van der Waals surface area (Å²) in [5, 5.41) is 0. The Labute approximate surface area is 103 Å². The highest BCUT2D eigenvalue weighted by Gasteiger charge is 2.07. The summed E-state index contributed by atoms with van der Waals surface area (Å²) in [6.07, 6.45) is 3.50. The molecule has 17 heavy (non-hydrogen) atoms. The van der Waals surface area contributed by atoms with Crippen molar-refractivity contribution in [2.24, 2.45) is 5.73 Å². The monoisotopic (exact) mass is 235 g/mol. The van der Waals surface area contributed by atoms with E-state index in [1.165, 1.54) is 0 Å². The Morgan fingerprint density at radius 2 is 1.94 bits per heavy atom. The van der Waals surface area contributed by atoms with Gasteiger partial charge in [0.25, 0.3) is 0 Å². The minimum Gasteiger partial charge on any atom is -0.465 e. The van der Waals surface area contributed by atoms with E-state index in [2.05, 4.69) is 6.92 Å². The summed E-state index contributed by atoms with van der Waals surface area (Å²) in [4.78, 5) is 11.6. The zero-order chi connectivity index (χ0) is 12.5. The van der Waals surface area contributed by atoms with Crippen LogP contribution in [0.2, 0.25) is 0 Å². The van der Waals surface area contributed by atoms with Crippen LogP contribution in [0.1, 0.15) is 37.3 Å². The van der Waals surface area contributed by atoms with Gasteiger partial charge < -0.3 is 10.5 Å². The van der Waals surface area contributed by atoms with E-state index < -0.39 is 0 Å². The van der Waals surface area contributed by atoms with Crippen molar-refractivity contribution in [1.29, 1.82) is 0 Å². The smallest absolute Gasteiger partial charge is 0.310 e. The number of ether oxygens (including phenoxy) is 1. The van der Waals surface area contributed by atoms with Gasteiger partial charge in [-0.3, -0.25) is 4.79 Å². The van der Waals surface area contributed by atoms with Gasteiger partial charge in [0.2, 0.25) is 0 Å². The molecule has 94 valence electrons. The molecule has 0 unspecified atom stereocenters. The van der Waals surface area contributed by atoms with E-state index in [9.17, 15) is 4.79 Å². The number of esters is 1. The molecule has 0 amide bonds. The van der Waals surface area contributed by atoms with E-state index >= 15 is 0 Å². The van der Waals surface area contributed by atoms with Gasteiger partial charge in [0.15, 0.2) is 0 Å². The van der Waals surface area contributed by atoms with Crippen LogP contribution in [0, 0.1) is 0 Å². The second-order valence-electron chi connectivity index (χ2n) is 4.08. The Balaban J connectivity index is 2.39. The fourth-order valence-electron chi connectivity index (χ4n) is 1.67. The van der Waals surface area contributed by atoms with Crippen molar-refractivity contribution in [3.8, 4) is 0 Å². The average molecular weight is 235 g/mol. The van der Waals surface area contributed by atoms with Crippen LogP contribution in [0.25, 0.3) is 0 Å². The molecule has 0 spiro atoms. The highest BCUT2D eigenvalue weighted by Crippen LogP contribution is 2.09. The highest BCUT2D eigenvalue weighted by atomic mass is 16.5. The van der Waals surface area contributed by atoms with E-state index in [-0.39, 0.29) is 5.97 Å². The number of unbranched alkanes of at least 4 members (excludes halogenated alkanes) is 2. The van der Waals surface area contributed by atoms with Crippen molar-refractivity contribution in [2.75, 3.05) is 6.61 Å². The van der Waals surface area contributed by atoms with Crippen molar-refractivity contribution in [3.05, 3.63) is 35.4 Å². The van der Waals surface area contributed by atoms with E-state index in [0.717, 1.165) is 30.4 Å². The van der Waals surface area contributed by atoms with Gasteiger partial charge in [-0.1, -0.05) is 44.0 Å². The van der Waals surface area contributed by atoms with Gasteiger partial charge in [-0.05, 0) is 17.5 Å². The number of nitrogens with two attached hydrogens (primary N) is 1. The van der Waals surface area contributed by atoms with Crippen molar-refractivity contribution in [3.63, 3.8) is 0 Å². The standard InChI is InChI=1S/C14H21NO2/c1-2-3-6-9-17-14(16)10-12-7-4-5-8-13(12)11-15/h4-5,7-8H,2-3,6,9-11,15H2,1H3. The predicted octanol–water partition coefficient (Wildman–Crippen LogP) is 2.42. The third-order valence-electron chi connectivity index (χ3n) is 2.68. The lowest BCUT2D eigenvalue weighted by atomic mass is 10.1. The van der Waals surface area contributed by atoms with Gasteiger partial charge in [-0.25, -0.2) is 0 Å². The lowest BCUT2D eigenvalue weighted by Gasteiger charge is -2.07. The van der Waals surface area contributed by atoms with Gasteiger partial charge in [0, 0.05) is 6.54 Å². The molecule has 0 radical (unpaired) electrons. The molecule has 0 aromatic heterocycles. The van der Waals surface area contributed by atoms with Gasteiger partial charge in [-0.2, -0.15) is 0 Å². The van der Waals surface area contributed by atoms with Crippen LogP contribution >= 0.6 is 0 Å². The fourth-order valence-corrected chi connectivity index (χ4v) is 1.67. The maximum atomic E-state index is 11.6. The lowest BCUT2D eigenvalue weighted by Crippen LogP contribution is -2.11.